The van der Waals surface area contributed by atoms with Gasteiger partial charge >= 0.3 is 0 Å². The Morgan fingerprint density at radius 3 is 2.58 bits per heavy atom. The molecule has 1 aromatic heterocycles. The number of primary sulfonamides is 1. The zero-order valence-corrected chi connectivity index (χ0v) is 15.1. The fourth-order valence-corrected chi connectivity index (χ4v) is 2.83. The second kappa shape index (κ2) is 6.78. The minimum absolute atomic E-state index is 0.0320. The third-order valence-corrected chi connectivity index (χ3v) is 4.10. The molecule has 0 saturated heterocycles. The quantitative estimate of drug-likeness (QED) is 0.865. The first-order valence-electron chi connectivity index (χ1n) is 7.56. The maximum atomic E-state index is 11.6. The second-order valence-electron chi connectivity index (χ2n) is 6.57. The van der Waals surface area contributed by atoms with Crippen LogP contribution in [0.3, 0.4) is 0 Å². The topological polar surface area (TPSA) is 94.3 Å². The van der Waals surface area contributed by atoms with E-state index in [-0.39, 0.29) is 16.3 Å². The summed E-state index contributed by atoms with van der Waals surface area (Å²) in [6.45, 7) is 8.29. The maximum Gasteiger partial charge on any atom is 0.241 e. The van der Waals surface area contributed by atoms with Gasteiger partial charge in [-0.15, -0.1) is 0 Å². The van der Waals surface area contributed by atoms with Gasteiger partial charge in [0.15, 0.2) is 0 Å². The molecule has 3 N–H and O–H groups in total. The monoisotopic (exact) mass is 349 g/mol. The number of rotatable bonds is 5. The lowest BCUT2D eigenvalue weighted by atomic mass is 10.1. The van der Waals surface area contributed by atoms with Gasteiger partial charge in [0.2, 0.25) is 10.0 Å². The van der Waals surface area contributed by atoms with E-state index in [4.69, 9.17) is 9.88 Å². The molecule has 0 aliphatic rings. The number of nitrogens with zero attached hydrogens (tertiary/aromatic N) is 1. The van der Waals surface area contributed by atoms with Gasteiger partial charge in [-0.05, 0) is 51.5 Å². The molecule has 0 amide bonds. The lowest BCUT2D eigenvalue weighted by molar-refractivity contribution is 0.129. The van der Waals surface area contributed by atoms with Crippen LogP contribution in [0.2, 0.25) is 0 Å². The number of nitrogens with two attached hydrogens (primary N) is 1. The van der Waals surface area contributed by atoms with Crippen LogP contribution in [0, 0.1) is 6.92 Å². The van der Waals surface area contributed by atoms with Crippen molar-refractivity contribution in [1.29, 1.82) is 0 Å². The Hall–Kier alpha value is -2.12. The Labute approximate surface area is 143 Å². The Morgan fingerprint density at radius 1 is 1.25 bits per heavy atom. The Bertz CT molecular complexity index is 827. The van der Waals surface area contributed by atoms with E-state index < -0.39 is 10.0 Å². The van der Waals surface area contributed by atoms with Gasteiger partial charge in [-0.2, -0.15) is 0 Å². The van der Waals surface area contributed by atoms with Crippen molar-refractivity contribution >= 4 is 15.8 Å². The fraction of sp³-hybridized carbons (Fsp3) is 0.353. The third-order valence-electron chi connectivity index (χ3n) is 3.16. The molecule has 2 aromatic rings. The maximum absolute atomic E-state index is 11.6. The van der Waals surface area contributed by atoms with Crippen LogP contribution < -0.4 is 15.2 Å². The highest BCUT2D eigenvalue weighted by Gasteiger charge is 2.17. The lowest BCUT2D eigenvalue weighted by Crippen LogP contribution is -2.24. The normalized spacial score (nSPS) is 12.0. The van der Waals surface area contributed by atoms with Gasteiger partial charge in [0, 0.05) is 18.3 Å². The number of hydrogen-bond donors (Lipinski definition) is 2. The van der Waals surface area contributed by atoms with Crippen molar-refractivity contribution in [2.24, 2.45) is 5.14 Å². The molecule has 0 fully saturated rings. The molecule has 0 bridgehead atoms. The number of anilines is 1. The molecule has 24 heavy (non-hydrogen) atoms. The molecule has 6 nitrogen and oxygen atoms in total. The number of hydrogen-bond acceptors (Lipinski definition) is 5. The van der Waals surface area contributed by atoms with Crippen LogP contribution >= 0.6 is 0 Å². The van der Waals surface area contributed by atoms with E-state index in [0.29, 0.717) is 6.54 Å². The zero-order valence-electron chi connectivity index (χ0n) is 14.3. The summed E-state index contributed by atoms with van der Waals surface area (Å²) in [6, 6.07) is 8.84. The van der Waals surface area contributed by atoms with E-state index in [1.54, 1.807) is 0 Å². The average molecular weight is 349 g/mol. The molecule has 130 valence electrons. The van der Waals surface area contributed by atoms with Crippen LogP contribution in [-0.2, 0) is 16.6 Å². The minimum Gasteiger partial charge on any atom is -0.488 e. The molecular weight excluding hydrogens is 326 g/mol. The summed E-state index contributed by atoms with van der Waals surface area (Å²) in [5, 5.41) is 8.26. The summed E-state index contributed by atoms with van der Waals surface area (Å²) < 4.78 is 29.3. The van der Waals surface area contributed by atoms with Gasteiger partial charge in [-0.25, -0.2) is 18.5 Å². The second-order valence-corrected chi connectivity index (χ2v) is 8.10. The van der Waals surface area contributed by atoms with E-state index in [9.17, 15) is 8.42 Å². The first-order chi connectivity index (χ1) is 11.1. The smallest absolute Gasteiger partial charge is 0.241 e. The van der Waals surface area contributed by atoms with Gasteiger partial charge in [-0.1, -0.05) is 12.1 Å². The molecule has 0 saturated carbocycles. The van der Waals surface area contributed by atoms with Crippen molar-refractivity contribution in [1.82, 2.24) is 4.98 Å². The Morgan fingerprint density at radius 2 is 1.96 bits per heavy atom. The fourth-order valence-electron chi connectivity index (χ4n) is 2.16. The van der Waals surface area contributed by atoms with Crippen LogP contribution in [0.5, 0.6) is 5.75 Å². The molecule has 0 radical (unpaired) electrons. The van der Waals surface area contributed by atoms with E-state index in [0.717, 1.165) is 16.9 Å². The minimum atomic E-state index is -3.84. The SMILES string of the molecule is Cc1ccc(CNc2ncccc2S(N)(=O)=O)c(OC(C)(C)C)c1. The number of sulfonamides is 1. The van der Waals surface area contributed by atoms with Crippen LogP contribution in [-0.4, -0.2) is 19.0 Å². The molecule has 0 aliphatic heterocycles. The summed E-state index contributed by atoms with van der Waals surface area (Å²) in [6.07, 6.45) is 1.51. The highest BCUT2D eigenvalue weighted by Crippen LogP contribution is 2.26. The predicted octanol–water partition coefficient (Wildman–Crippen LogP) is 2.83. The van der Waals surface area contributed by atoms with Crippen molar-refractivity contribution in [3.8, 4) is 5.75 Å². The summed E-state index contributed by atoms with van der Waals surface area (Å²) in [7, 11) is -3.84. The van der Waals surface area contributed by atoms with E-state index in [2.05, 4.69) is 10.3 Å². The van der Waals surface area contributed by atoms with Crippen molar-refractivity contribution in [3.63, 3.8) is 0 Å². The number of aryl methyl sites for hydroxylation is 1. The standard InChI is InChI=1S/C17H23N3O3S/c1-12-7-8-13(14(10-12)23-17(2,3)4)11-20-16-15(24(18,21)22)6-5-9-19-16/h5-10H,11H2,1-4H3,(H,19,20)(H2,18,21,22). The van der Waals surface area contributed by atoms with E-state index in [1.165, 1.54) is 18.3 Å². The van der Waals surface area contributed by atoms with Crippen LogP contribution in [0.25, 0.3) is 0 Å². The highest BCUT2D eigenvalue weighted by atomic mass is 32.2. The number of nitrogens with one attached hydrogen (secondary N) is 1. The summed E-state index contributed by atoms with van der Waals surface area (Å²) in [5.41, 5.74) is 1.65. The molecule has 1 aromatic carbocycles. The van der Waals surface area contributed by atoms with E-state index >= 15 is 0 Å². The summed E-state index contributed by atoms with van der Waals surface area (Å²) in [4.78, 5) is 4.04. The number of aromatic nitrogens is 1. The van der Waals surface area contributed by atoms with Crippen molar-refractivity contribution in [3.05, 3.63) is 47.7 Å². The number of pyridine rings is 1. The summed E-state index contributed by atoms with van der Waals surface area (Å²) in [5.74, 6) is 0.977. The van der Waals surface area contributed by atoms with Crippen molar-refractivity contribution in [2.45, 2.75) is 44.7 Å². The average Bonchev–Trinajstić information content (AvgIpc) is 2.44. The van der Waals surface area contributed by atoms with Gasteiger partial charge in [-0.3, -0.25) is 0 Å². The largest absolute Gasteiger partial charge is 0.488 e. The van der Waals surface area contributed by atoms with Crippen LogP contribution in [0.1, 0.15) is 31.9 Å². The third kappa shape index (κ3) is 4.94. The van der Waals surface area contributed by atoms with Crippen LogP contribution in [0.15, 0.2) is 41.4 Å². The molecule has 1 heterocycles. The molecule has 0 atom stereocenters. The Kier molecular flexibility index (Phi) is 5.15. The molecule has 7 heteroatoms. The number of ether oxygens (including phenoxy) is 1. The van der Waals surface area contributed by atoms with Gasteiger partial charge in [0.25, 0.3) is 0 Å². The Balaban J connectivity index is 2.28. The molecule has 0 spiro atoms. The van der Waals surface area contributed by atoms with Crippen molar-refractivity contribution in [2.75, 3.05) is 5.32 Å². The molecule has 2 rings (SSSR count). The first-order valence-corrected chi connectivity index (χ1v) is 9.11. The first kappa shape index (κ1) is 18.2. The van der Waals surface area contributed by atoms with Gasteiger partial charge in [0.1, 0.15) is 22.1 Å². The molecule has 0 aliphatic carbocycles. The number of benzene rings is 1. The van der Waals surface area contributed by atoms with Gasteiger partial charge < -0.3 is 10.1 Å². The van der Waals surface area contributed by atoms with Crippen LogP contribution in [0.4, 0.5) is 5.82 Å². The van der Waals surface area contributed by atoms with Crippen molar-refractivity contribution < 1.29 is 13.2 Å². The highest BCUT2D eigenvalue weighted by molar-refractivity contribution is 7.89. The lowest BCUT2D eigenvalue weighted by Gasteiger charge is -2.24. The summed E-state index contributed by atoms with van der Waals surface area (Å²) >= 11 is 0. The molecular formula is C17H23N3O3S. The molecule has 0 unspecified atom stereocenters. The van der Waals surface area contributed by atoms with Gasteiger partial charge in [0.05, 0.1) is 0 Å². The predicted molar refractivity (Wildman–Crippen MR) is 94.5 cm³/mol. The van der Waals surface area contributed by atoms with E-state index in [1.807, 2.05) is 45.9 Å². The zero-order chi connectivity index (χ0) is 18.0.